The van der Waals surface area contributed by atoms with Crippen LogP contribution in [0.3, 0.4) is 0 Å². The highest BCUT2D eigenvalue weighted by molar-refractivity contribution is 6.00. The Bertz CT molecular complexity index is 900. The Morgan fingerprint density at radius 3 is 2.47 bits per heavy atom. The number of likely N-dealkylation sites (tertiary alicyclic amines) is 1. The van der Waals surface area contributed by atoms with Gasteiger partial charge in [0.15, 0.2) is 0 Å². The van der Waals surface area contributed by atoms with Gasteiger partial charge in [-0.15, -0.1) is 10.2 Å². The molecule has 0 aliphatic carbocycles. The van der Waals surface area contributed by atoms with Crippen LogP contribution in [0.4, 0.5) is 5.69 Å². The molecular formula is C22H28N4O4. The molecule has 2 aromatic rings. The maximum absolute atomic E-state index is 13.0. The highest BCUT2D eigenvalue weighted by atomic mass is 16.5. The lowest BCUT2D eigenvalue weighted by molar-refractivity contribution is -0.136. The number of carbonyl (C=O) groups excluding carboxylic acids is 2. The average molecular weight is 412 g/mol. The molecule has 2 fully saturated rings. The van der Waals surface area contributed by atoms with Gasteiger partial charge in [0.05, 0.1) is 13.0 Å². The molecule has 0 saturated carbocycles. The van der Waals surface area contributed by atoms with Crippen molar-refractivity contribution in [2.75, 3.05) is 31.6 Å². The standard InChI is InChI=1S/C22H28N4O4/c1-14(2)20-23-24-21(30-20)15-8-10-25(11-9-15)22(28)16-12-19(27)26(13-16)17-4-6-18(29-3)7-5-17/h4-7,14-16H,8-13H2,1-3H3. The number of piperidine rings is 1. The Labute approximate surface area is 176 Å². The van der Waals surface area contributed by atoms with E-state index >= 15 is 0 Å². The van der Waals surface area contributed by atoms with Gasteiger partial charge >= 0.3 is 0 Å². The Hall–Kier alpha value is -2.90. The number of methoxy groups -OCH3 is 1. The van der Waals surface area contributed by atoms with Gasteiger partial charge in [0.25, 0.3) is 0 Å². The first-order chi connectivity index (χ1) is 14.5. The van der Waals surface area contributed by atoms with Gasteiger partial charge in [-0.2, -0.15) is 0 Å². The number of carbonyl (C=O) groups is 2. The van der Waals surface area contributed by atoms with Crippen molar-refractivity contribution in [3.63, 3.8) is 0 Å². The normalized spacial score (nSPS) is 20.3. The number of hydrogen-bond donors (Lipinski definition) is 0. The van der Waals surface area contributed by atoms with E-state index in [4.69, 9.17) is 9.15 Å². The summed E-state index contributed by atoms with van der Waals surface area (Å²) in [5, 5.41) is 8.31. The van der Waals surface area contributed by atoms with Gasteiger partial charge in [0.1, 0.15) is 5.75 Å². The quantitative estimate of drug-likeness (QED) is 0.750. The first kappa shape index (κ1) is 20.4. The Morgan fingerprint density at radius 1 is 1.17 bits per heavy atom. The van der Waals surface area contributed by atoms with E-state index in [1.165, 1.54) is 0 Å². The largest absolute Gasteiger partial charge is 0.497 e. The number of aromatic nitrogens is 2. The molecule has 8 heteroatoms. The molecule has 0 radical (unpaired) electrons. The van der Waals surface area contributed by atoms with E-state index in [0.717, 1.165) is 24.3 Å². The summed E-state index contributed by atoms with van der Waals surface area (Å²) in [6.07, 6.45) is 1.86. The summed E-state index contributed by atoms with van der Waals surface area (Å²) in [5.74, 6) is 2.22. The van der Waals surface area contributed by atoms with Gasteiger partial charge in [-0.05, 0) is 37.1 Å². The third-order valence-electron chi connectivity index (χ3n) is 5.96. The molecule has 2 aliphatic rings. The van der Waals surface area contributed by atoms with E-state index in [-0.39, 0.29) is 36.0 Å². The number of amides is 2. The molecule has 1 unspecified atom stereocenters. The van der Waals surface area contributed by atoms with Crippen LogP contribution in [-0.4, -0.2) is 53.7 Å². The van der Waals surface area contributed by atoms with E-state index < -0.39 is 0 Å². The Morgan fingerprint density at radius 2 is 1.87 bits per heavy atom. The smallest absolute Gasteiger partial charge is 0.228 e. The molecule has 2 saturated heterocycles. The minimum Gasteiger partial charge on any atom is -0.497 e. The number of anilines is 1. The second-order valence-electron chi connectivity index (χ2n) is 8.34. The fraction of sp³-hybridized carbons (Fsp3) is 0.545. The molecule has 2 aliphatic heterocycles. The van der Waals surface area contributed by atoms with E-state index in [1.54, 1.807) is 12.0 Å². The molecule has 160 valence electrons. The Balaban J connectivity index is 1.34. The van der Waals surface area contributed by atoms with E-state index in [2.05, 4.69) is 10.2 Å². The van der Waals surface area contributed by atoms with Crippen LogP contribution in [0.2, 0.25) is 0 Å². The summed E-state index contributed by atoms with van der Waals surface area (Å²) in [6, 6.07) is 7.35. The van der Waals surface area contributed by atoms with Crippen molar-refractivity contribution in [2.45, 2.75) is 44.9 Å². The first-order valence-electron chi connectivity index (χ1n) is 10.5. The molecule has 8 nitrogen and oxygen atoms in total. The summed E-state index contributed by atoms with van der Waals surface area (Å²) in [7, 11) is 1.61. The van der Waals surface area contributed by atoms with Crippen LogP contribution in [0.25, 0.3) is 0 Å². The topological polar surface area (TPSA) is 88.8 Å². The predicted octanol–water partition coefficient (Wildman–Crippen LogP) is 2.96. The molecule has 4 rings (SSSR count). The lowest BCUT2D eigenvalue weighted by Gasteiger charge is -2.32. The zero-order valence-electron chi connectivity index (χ0n) is 17.7. The van der Waals surface area contributed by atoms with E-state index in [9.17, 15) is 9.59 Å². The minimum absolute atomic E-state index is 0.0134. The van der Waals surface area contributed by atoms with Crippen molar-refractivity contribution in [3.8, 4) is 5.75 Å². The van der Waals surface area contributed by atoms with E-state index in [1.807, 2.05) is 43.0 Å². The first-order valence-corrected chi connectivity index (χ1v) is 10.5. The molecule has 2 amide bonds. The lowest BCUT2D eigenvalue weighted by Crippen LogP contribution is -2.42. The fourth-order valence-corrected chi connectivity index (χ4v) is 4.13. The van der Waals surface area contributed by atoms with Crippen LogP contribution in [-0.2, 0) is 9.59 Å². The van der Waals surface area contributed by atoms with Crippen molar-refractivity contribution in [3.05, 3.63) is 36.0 Å². The number of hydrogen-bond acceptors (Lipinski definition) is 6. The number of ether oxygens (including phenoxy) is 1. The average Bonchev–Trinajstić information content (AvgIpc) is 3.41. The van der Waals surface area contributed by atoms with Crippen LogP contribution in [0.15, 0.2) is 28.7 Å². The summed E-state index contributed by atoms with van der Waals surface area (Å²) in [5.41, 5.74) is 0.798. The van der Waals surface area contributed by atoms with Crippen molar-refractivity contribution in [1.82, 2.24) is 15.1 Å². The van der Waals surface area contributed by atoms with Gasteiger partial charge in [-0.25, -0.2) is 0 Å². The predicted molar refractivity (Wildman–Crippen MR) is 110 cm³/mol. The van der Waals surface area contributed by atoms with Gasteiger partial charge in [0.2, 0.25) is 23.6 Å². The summed E-state index contributed by atoms with van der Waals surface area (Å²) >= 11 is 0. The summed E-state index contributed by atoms with van der Waals surface area (Å²) in [6.45, 7) is 5.77. The van der Waals surface area contributed by atoms with Crippen LogP contribution < -0.4 is 9.64 Å². The minimum atomic E-state index is -0.299. The van der Waals surface area contributed by atoms with Crippen LogP contribution in [0.5, 0.6) is 5.75 Å². The molecular weight excluding hydrogens is 384 g/mol. The second kappa shape index (κ2) is 8.45. The fourth-order valence-electron chi connectivity index (χ4n) is 4.13. The summed E-state index contributed by atoms with van der Waals surface area (Å²) < 4.78 is 11.0. The second-order valence-corrected chi connectivity index (χ2v) is 8.34. The van der Waals surface area contributed by atoms with Crippen LogP contribution in [0.1, 0.15) is 56.7 Å². The molecule has 1 aromatic heterocycles. The molecule has 0 N–H and O–H groups in total. The highest BCUT2D eigenvalue weighted by Gasteiger charge is 2.38. The monoisotopic (exact) mass is 412 g/mol. The van der Waals surface area contributed by atoms with Gasteiger partial charge in [-0.3, -0.25) is 9.59 Å². The number of rotatable bonds is 5. The zero-order chi connectivity index (χ0) is 21.3. The van der Waals surface area contributed by atoms with Gasteiger partial charge in [0, 0.05) is 43.6 Å². The van der Waals surface area contributed by atoms with Crippen molar-refractivity contribution in [2.24, 2.45) is 5.92 Å². The van der Waals surface area contributed by atoms with Gasteiger partial charge in [-0.1, -0.05) is 13.8 Å². The van der Waals surface area contributed by atoms with Crippen LogP contribution >= 0.6 is 0 Å². The zero-order valence-corrected chi connectivity index (χ0v) is 17.7. The van der Waals surface area contributed by atoms with Gasteiger partial charge < -0.3 is 19.0 Å². The Kier molecular flexibility index (Phi) is 5.74. The molecule has 30 heavy (non-hydrogen) atoms. The maximum Gasteiger partial charge on any atom is 0.228 e. The SMILES string of the molecule is COc1ccc(N2CC(C(=O)N3CCC(c4nnc(C(C)C)o4)CC3)CC2=O)cc1. The molecule has 1 atom stereocenters. The molecule has 0 bridgehead atoms. The number of nitrogens with zero attached hydrogens (tertiary/aromatic N) is 4. The summed E-state index contributed by atoms with van der Waals surface area (Å²) in [4.78, 5) is 29.1. The number of benzene rings is 1. The third kappa shape index (κ3) is 4.04. The third-order valence-corrected chi connectivity index (χ3v) is 5.96. The van der Waals surface area contributed by atoms with E-state index in [0.29, 0.717) is 31.4 Å². The van der Waals surface area contributed by atoms with Crippen LogP contribution in [0, 0.1) is 5.92 Å². The molecule has 1 aromatic carbocycles. The highest BCUT2D eigenvalue weighted by Crippen LogP contribution is 2.31. The van der Waals surface area contributed by atoms with Crippen molar-refractivity contribution >= 4 is 17.5 Å². The van der Waals surface area contributed by atoms with Crippen molar-refractivity contribution < 1.29 is 18.7 Å². The molecule has 0 spiro atoms. The molecule has 3 heterocycles. The maximum atomic E-state index is 13.0. The lowest BCUT2D eigenvalue weighted by atomic mass is 9.95. The van der Waals surface area contributed by atoms with Crippen molar-refractivity contribution in [1.29, 1.82) is 0 Å².